The highest BCUT2D eigenvalue weighted by atomic mass is 19.4. The molecule has 0 saturated heterocycles. The predicted octanol–water partition coefficient (Wildman–Crippen LogP) is 5.93. The van der Waals surface area contributed by atoms with Gasteiger partial charge in [-0.2, -0.15) is 23.1 Å². The average molecular weight is 633 g/mol. The number of hydrogen-bond acceptors (Lipinski definition) is 8. The molecule has 0 fully saturated rings. The number of imidazole rings is 1. The van der Waals surface area contributed by atoms with Crippen LogP contribution >= 0.6 is 0 Å². The van der Waals surface area contributed by atoms with Gasteiger partial charge >= 0.3 is 12.5 Å². The molecule has 242 valence electrons. The lowest BCUT2D eigenvalue weighted by Crippen LogP contribution is -2.41. The maximum Gasteiger partial charge on any atom is 0.573 e. The van der Waals surface area contributed by atoms with E-state index in [9.17, 15) is 31.1 Å². The fraction of sp³-hybridized carbons (Fsp3) is 0.500. The van der Waals surface area contributed by atoms with Gasteiger partial charge in [-0.05, 0) is 49.9 Å². The van der Waals surface area contributed by atoms with Gasteiger partial charge in [0.2, 0.25) is 17.7 Å². The summed E-state index contributed by atoms with van der Waals surface area (Å²) in [6, 6.07) is 5.58. The minimum Gasteiger partial charge on any atom is -0.477 e. The monoisotopic (exact) mass is 632 g/mol. The second-order valence-electron chi connectivity index (χ2n) is 10.0. The molecule has 0 aliphatic carbocycles. The molecule has 3 rings (SSSR count). The molecule has 2 heterocycles. The van der Waals surface area contributed by atoms with Crippen molar-refractivity contribution in [2.75, 3.05) is 31.7 Å². The number of rotatable bonds is 16. The van der Waals surface area contributed by atoms with Crippen LogP contribution in [0.25, 0.3) is 17.2 Å². The van der Waals surface area contributed by atoms with Crippen LogP contribution in [0.2, 0.25) is 0 Å². The fourth-order valence-corrected chi connectivity index (χ4v) is 3.89. The smallest absolute Gasteiger partial charge is 0.477 e. The third-order valence-electron chi connectivity index (χ3n) is 5.84. The van der Waals surface area contributed by atoms with Gasteiger partial charge in [-0.3, -0.25) is 9.36 Å². The van der Waals surface area contributed by atoms with E-state index in [1.807, 2.05) is 20.8 Å². The first-order valence-corrected chi connectivity index (χ1v) is 13.8. The summed E-state index contributed by atoms with van der Waals surface area (Å²) in [5.74, 6) is -0.680. The largest absolute Gasteiger partial charge is 0.573 e. The lowest BCUT2D eigenvalue weighted by atomic mass is 10.0. The summed E-state index contributed by atoms with van der Waals surface area (Å²) >= 11 is 0. The molecular formula is C28H34F6N6O4. The molecule has 1 amide bonds. The van der Waals surface area contributed by atoms with Crippen LogP contribution in [0.5, 0.6) is 11.6 Å². The van der Waals surface area contributed by atoms with Gasteiger partial charge in [0, 0.05) is 37.6 Å². The van der Waals surface area contributed by atoms with E-state index in [-0.39, 0.29) is 29.5 Å². The lowest BCUT2D eigenvalue weighted by molar-refractivity contribution is -0.274. The molecule has 0 saturated carbocycles. The van der Waals surface area contributed by atoms with E-state index >= 15 is 0 Å². The minimum atomic E-state index is -4.84. The summed E-state index contributed by atoms with van der Waals surface area (Å²) in [6.07, 6.45) is -6.65. The molecule has 0 radical (unpaired) electrons. The third kappa shape index (κ3) is 11.9. The first-order chi connectivity index (χ1) is 20.7. The summed E-state index contributed by atoms with van der Waals surface area (Å²) in [6.45, 7) is 6.48. The summed E-state index contributed by atoms with van der Waals surface area (Å²) in [5.41, 5.74) is 0.793. The zero-order valence-electron chi connectivity index (χ0n) is 24.3. The van der Waals surface area contributed by atoms with Gasteiger partial charge in [0.05, 0.1) is 18.7 Å². The van der Waals surface area contributed by atoms with E-state index in [2.05, 4.69) is 30.3 Å². The number of amides is 1. The standard InChI is InChI=1S/C28H34F6N6O4/c1-4-42-12-5-11-35-25(41)21(14-18(2)3)37-23-15-24(43-13-10-27(29,30)31)39-26(38-23)40-16-22(36-17-40)19-6-8-20(9-7-19)44-28(32,33)34/h6-9,15-18,21H,4-5,10-14H2,1-3H3,(H,35,41)(H,37,38,39)/t21-/m0/s1. The first-order valence-electron chi connectivity index (χ1n) is 13.8. The van der Waals surface area contributed by atoms with E-state index in [1.165, 1.54) is 35.3 Å². The number of ether oxygens (including phenoxy) is 3. The van der Waals surface area contributed by atoms with Crippen molar-refractivity contribution in [2.24, 2.45) is 5.92 Å². The van der Waals surface area contributed by atoms with Gasteiger partial charge in [-0.1, -0.05) is 13.8 Å². The molecule has 16 heteroatoms. The molecule has 2 aromatic heterocycles. The maximum absolute atomic E-state index is 13.0. The zero-order chi connectivity index (χ0) is 32.3. The molecule has 10 nitrogen and oxygen atoms in total. The van der Waals surface area contributed by atoms with Crippen LogP contribution in [-0.2, 0) is 9.53 Å². The van der Waals surface area contributed by atoms with Crippen LogP contribution in [0, 0.1) is 5.92 Å². The molecule has 1 aromatic carbocycles. The van der Waals surface area contributed by atoms with Crippen molar-refractivity contribution in [3.8, 4) is 28.8 Å². The quantitative estimate of drug-likeness (QED) is 0.148. The van der Waals surface area contributed by atoms with Gasteiger partial charge in [-0.25, -0.2) is 4.98 Å². The minimum absolute atomic E-state index is 0.0341. The molecule has 0 unspecified atom stereocenters. The van der Waals surface area contributed by atoms with Crippen LogP contribution in [0.4, 0.5) is 32.2 Å². The number of alkyl halides is 6. The number of aromatic nitrogens is 4. The summed E-state index contributed by atoms with van der Waals surface area (Å²) in [7, 11) is 0. The highest BCUT2D eigenvalue weighted by Gasteiger charge is 2.31. The third-order valence-corrected chi connectivity index (χ3v) is 5.84. The van der Waals surface area contributed by atoms with E-state index in [1.54, 1.807) is 0 Å². The van der Waals surface area contributed by atoms with E-state index < -0.39 is 37.4 Å². The topological polar surface area (TPSA) is 112 Å². The first kappa shape index (κ1) is 34.4. The van der Waals surface area contributed by atoms with E-state index in [0.717, 1.165) is 12.1 Å². The van der Waals surface area contributed by atoms with Gasteiger partial charge in [0.1, 0.15) is 23.9 Å². The van der Waals surface area contributed by atoms with Gasteiger partial charge in [0.15, 0.2) is 0 Å². The number of benzene rings is 1. The molecule has 2 N–H and O–H groups in total. The molecule has 3 aromatic rings. The number of nitrogens with zero attached hydrogens (tertiary/aromatic N) is 4. The molecule has 0 spiro atoms. The Balaban J connectivity index is 1.86. The zero-order valence-corrected chi connectivity index (χ0v) is 24.3. The van der Waals surface area contributed by atoms with Crippen molar-refractivity contribution in [3.63, 3.8) is 0 Å². The fourth-order valence-electron chi connectivity index (χ4n) is 3.89. The second-order valence-corrected chi connectivity index (χ2v) is 10.0. The number of nitrogens with one attached hydrogen (secondary N) is 2. The van der Waals surface area contributed by atoms with Gasteiger partial charge in [-0.15, -0.1) is 13.2 Å². The number of carbonyl (C=O) groups excluding carboxylic acids is 1. The van der Waals surface area contributed by atoms with Crippen molar-refractivity contribution in [2.45, 2.75) is 58.6 Å². The van der Waals surface area contributed by atoms with Crippen LogP contribution in [-0.4, -0.2) is 70.4 Å². The average Bonchev–Trinajstić information content (AvgIpc) is 3.41. The Hall–Kier alpha value is -4.08. The van der Waals surface area contributed by atoms with Crippen LogP contribution in [0.15, 0.2) is 42.9 Å². The van der Waals surface area contributed by atoms with Crippen molar-refractivity contribution >= 4 is 11.7 Å². The Kier molecular flexibility index (Phi) is 12.2. The molecule has 0 aliphatic heterocycles. The Morgan fingerprint density at radius 1 is 1.05 bits per heavy atom. The molecule has 0 bridgehead atoms. The Morgan fingerprint density at radius 3 is 2.41 bits per heavy atom. The van der Waals surface area contributed by atoms with E-state index in [0.29, 0.717) is 43.9 Å². The molecular weight excluding hydrogens is 598 g/mol. The van der Waals surface area contributed by atoms with Crippen molar-refractivity contribution in [1.29, 1.82) is 0 Å². The number of anilines is 1. The Morgan fingerprint density at radius 2 is 1.77 bits per heavy atom. The highest BCUT2D eigenvalue weighted by molar-refractivity contribution is 5.84. The van der Waals surface area contributed by atoms with Crippen LogP contribution in [0.1, 0.15) is 40.0 Å². The van der Waals surface area contributed by atoms with Crippen molar-refractivity contribution in [1.82, 2.24) is 24.8 Å². The number of halogens is 6. The SMILES string of the molecule is CCOCCCNC(=O)[C@H](CC(C)C)Nc1cc(OCCC(F)(F)F)nc(-n2cnc(-c3ccc(OC(F)(F)F)cc3)c2)n1. The van der Waals surface area contributed by atoms with Crippen molar-refractivity contribution in [3.05, 3.63) is 42.9 Å². The Labute approximate surface area is 250 Å². The second kappa shape index (κ2) is 15.6. The summed E-state index contributed by atoms with van der Waals surface area (Å²) in [4.78, 5) is 25.9. The molecule has 0 aliphatic rings. The van der Waals surface area contributed by atoms with Crippen LogP contribution < -0.4 is 20.1 Å². The Bertz CT molecular complexity index is 1330. The maximum atomic E-state index is 13.0. The highest BCUT2D eigenvalue weighted by Crippen LogP contribution is 2.27. The number of hydrogen-bond donors (Lipinski definition) is 2. The predicted molar refractivity (Wildman–Crippen MR) is 148 cm³/mol. The van der Waals surface area contributed by atoms with Crippen LogP contribution in [0.3, 0.4) is 0 Å². The van der Waals surface area contributed by atoms with Gasteiger partial charge < -0.3 is 24.8 Å². The molecule has 1 atom stereocenters. The summed E-state index contributed by atoms with van der Waals surface area (Å²) < 4.78 is 91.5. The van der Waals surface area contributed by atoms with Gasteiger partial charge in [0.25, 0.3) is 0 Å². The van der Waals surface area contributed by atoms with E-state index in [4.69, 9.17) is 9.47 Å². The number of carbonyl (C=O) groups is 1. The molecule has 44 heavy (non-hydrogen) atoms. The summed E-state index contributed by atoms with van der Waals surface area (Å²) in [5, 5.41) is 5.90. The lowest BCUT2D eigenvalue weighted by Gasteiger charge is -2.21. The normalized spacial score (nSPS) is 12.7. The van der Waals surface area contributed by atoms with Crippen molar-refractivity contribution < 1.29 is 45.3 Å².